The van der Waals surface area contributed by atoms with Gasteiger partial charge in [-0.15, -0.1) is 23.1 Å². The topological polar surface area (TPSA) is 57.7 Å². The number of benzene rings is 1. The minimum atomic E-state index is -3.42. The number of halogens is 1. The quantitative estimate of drug-likeness (QED) is 0.481. The molecular formula is C18H21ClN2O3S3. The van der Waals surface area contributed by atoms with E-state index in [2.05, 4.69) is 0 Å². The number of amides is 1. The van der Waals surface area contributed by atoms with Crippen LogP contribution < -0.4 is 0 Å². The zero-order chi connectivity index (χ0) is 19.3. The van der Waals surface area contributed by atoms with Crippen molar-refractivity contribution in [2.24, 2.45) is 0 Å². The van der Waals surface area contributed by atoms with Gasteiger partial charge < -0.3 is 4.90 Å². The molecule has 146 valence electrons. The van der Waals surface area contributed by atoms with Crippen LogP contribution in [-0.2, 0) is 14.8 Å². The Bertz CT molecular complexity index is 846. The van der Waals surface area contributed by atoms with Crippen molar-refractivity contribution < 1.29 is 13.2 Å². The zero-order valence-electron chi connectivity index (χ0n) is 14.7. The largest absolute Gasteiger partial charge is 0.340 e. The third-order valence-electron chi connectivity index (χ3n) is 4.30. The summed E-state index contributed by atoms with van der Waals surface area (Å²) in [6, 6.07) is 11.0. The van der Waals surface area contributed by atoms with Gasteiger partial charge in [0.1, 0.15) is 4.21 Å². The molecule has 0 saturated carbocycles. The van der Waals surface area contributed by atoms with Gasteiger partial charge in [0, 0.05) is 42.5 Å². The summed E-state index contributed by atoms with van der Waals surface area (Å²) in [6.07, 6.45) is 1.28. The third kappa shape index (κ3) is 5.48. The zero-order valence-corrected chi connectivity index (χ0v) is 17.9. The molecular weight excluding hydrogens is 424 g/mol. The van der Waals surface area contributed by atoms with E-state index in [0.29, 0.717) is 36.8 Å². The molecule has 0 unspecified atom stereocenters. The number of carbonyl (C=O) groups excluding carboxylic acids is 1. The molecule has 3 rings (SSSR count). The second-order valence-corrected chi connectivity index (χ2v) is 10.8. The van der Waals surface area contributed by atoms with Gasteiger partial charge in [0.2, 0.25) is 5.91 Å². The van der Waals surface area contributed by atoms with Crippen LogP contribution in [0.2, 0.25) is 5.02 Å². The van der Waals surface area contributed by atoms with Crippen molar-refractivity contribution in [2.75, 3.05) is 31.9 Å². The third-order valence-corrected chi connectivity index (χ3v) is 8.92. The molecule has 0 N–H and O–H groups in total. The van der Waals surface area contributed by atoms with E-state index in [4.69, 9.17) is 11.6 Å². The molecule has 1 fully saturated rings. The molecule has 0 aliphatic carbocycles. The van der Waals surface area contributed by atoms with E-state index >= 15 is 0 Å². The van der Waals surface area contributed by atoms with Gasteiger partial charge in [0.05, 0.1) is 0 Å². The molecule has 0 radical (unpaired) electrons. The van der Waals surface area contributed by atoms with Crippen LogP contribution in [0.3, 0.4) is 0 Å². The van der Waals surface area contributed by atoms with Crippen LogP contribution in [-0.4, -0.2) is 55.5 Å². The molecule has 0 spiro atoms. The normalized spacial score (nSPS) is 15.8. The second-order valence-electron chi connectivity index (χ2n) is 6.12. The molecule has 1 aromatic carbocycles. The standard InChI is InChI=1S/C18H21ClN2O3S3/c19-15-5-7-16(8-6-15)25-13-1-3-17(22)20-9-11-21(12-10-20)27(23,24)18-4-2-14-26-18/h2,4-8,14H,1,3,9-13H2. The molecule has 1 aliphatic rings. The Balaban J connectivity index is 1.40. The number of carbonyl (C=O) groups is 1. The molecule has 1 aromatic heterocycles. The van der Waals surface area contributed by atoms with Gasteiger partial charge in [-0.2, -0.15) is 4.31 Å². The van der Waals surface area contributed by atoms with Crippen molar-refractivity contribution in [1.82, 2.24) is 9.21 Å². The lowest BCUT2D eigenvalue weighted by atomic mass is 10.2. The number of sulfonamides is 1. The molecule has 1 aliphatic heterocycles. The minimum absolute atomic E-state index is 0.0971. The van der Waals surface area contributed by atoms with Crippen molar-refractivity contribution in [3.8, 4) is 0 Å². The maximum absolute atomic E-state index is 12.5. The lowest BCUT2D eigenvalue weighted by Gasteiger charge is -2.33. The van der Waals surface area contributed by atoms with Crippen LogP contribution in [0.15, 0.2) is 50.9 Å². The summed E-state index contributed by atoms with van der Waals surface area (Å²) in [5, 5.41) is 2.48. The van der Waals surface area contributed by atoms with Gasteiger partial charge in [-0.05, 0) is 47.9 Å². The Morgan fingerprint density at radius 3 is 2.44 bits per heavy atom. The summed E-state index contributed by atoms with van der Waals surface area (Å²) in [5.74, 6) is 0.958. The number of hydrogen-bond acceptors (Lipinski definition) is 5. The Morgan fingerprint density at radius 1 is 1.11 bits per heavy atom. The summed E-state index contributed by atoms with van der Waals surface area (Å²) in [4.78, 5) is 15.3. The Hall–Kier alpha value is -1.06. The summed E-state index contributed by atoms with van der Waals surface area (Å²) in [5.41, 5.74) is 0. The molecule has 0 bridgehead atoms. The average Bonchev–Trinajstić information content (AvgIpc) is 3.22. The van der Waals surface area contributed by atoms with E-state index in [0.717, 1.165) is 22.1 Å². The van der Waals surface area contributed by atoms with Crippen LogP contribution in [0.5, 0.6) is 0 Å². The highest BCUT2D eigenvalue weighted by Gasteiger charge is 2.30. The van der Waals surface area contributed by atoms with Crippen LogP contribution in [0.1, 0.15) is 12.8 Å². The fourth-order valence-corrected chi connectivity index (χ4v) is 6.36. The van der Waals surface area contributed by atoms with Gasteiger partial charge in [-0.25, -0.2) is 8.42 Å². The highest BCUT2D eigenvalue weighted by Crippen LogP contribution is 2.23. The fourth-order valence-electron chi connectivity index (χ4n) is 2.82. The maximum Gasteiger partial charge on any atom is 0.252 e. The van der Waals surface area contributed by atoms with E-state index < -0.39 is 10.0 Å². The first kappa shape index (κ1) is 20.7. The molecule has 5 nitrogen and oxygen atoms in total. The highest BCUT2D eigenvalue weighted by molar-refractivity contribution is 7.99. The summed E-state index contributed by atoms with van der Waals surface area (Å²) in [7, 11) is -3.42. The van der Waals surface area contributed by atoms with Gasteiger partial charge in [0.15, 0.2) is 0 Å². The number of thioether (sulfide) groups is 1. The Labute approximate surface area is 173 Å². The van der Waals surface area contributed by atoms with Gasteiger partial charge >= 0.3 is 0 Å². The molecule has 0 atom stereocenters. The maximum atomic E-state index is 12.5. The number of piperazine rings is 1. The molecule has 2 heterocycles. The Morgan fingerprint density at radius 2 is 1.81 bits per heavy atom. The molecule has 9 heteroatoms. The van der Waals surface area contributed by atoms with Gasteiger partial charge in [-0.1, -0.05) is 17.7 Å². The predicted molar refractivity (Wildman–Crippen MR) is 111 cm³/mol. The average molecular weight is 445 g/mol. The summed E-state index contributed by atoms with van der Waals surface area (Å²) < 4.78 is 26.9. The van der Waals surface area contributed by atoms with Gasteiger partial charge in [0.25, 0.3) is 10.0 Å². The van der Waals surface area contributed by atoms with E-state index in [-0.39, 0.29) is 5.91 Å². The molecule has 27 heavy (non-hydrogen) atoms. The lowest BCUT2D eigenvalue weighted by molar-refractivity contribution is -0.132. The summed E-state index contributed by atoms with van der Waals surface area (Å²) in [6.45, 7) is 1.61. The van der Waals surface area contributed by atoms with Crippen molar-refractivity contribution in [3.63, 3.8) is 0 Å². The second kappa shape index (κ2) is 9.43. The predicted octanol–water partition coefficient (Wildman–Crippen LogP) is 3.81. The smallest absolute Gasteiger partial charge is 0.252 e. The highest BCUT2D eigenvalue weighted by atomic mass is 35.5. The van der Waals surface area contributed by atoms with Gasteiger partial charge in [-0.3, -0.25) is 4.79 Å². The SMILES string of the molecule is O=C(CCCSc1ccc(Cl)cc1)N1CCN(S(=O)(=O)c2cccs2)CC1. The van der Waals surface area contributed by atoms with Crippen molar-refractivity contribution in [2.45, 2.75) is 21.9 Å². The van der Waals surface area contributed by atoms with Crippen LogP contribution in [0.25, 0.3) is 0 Å². The summed E-state index contributed by atoms with van der Waals surface area (Å²) >= 11 is 8.80. The Kier molecular flexibility index (Phi) is 7.22. The van der Waals surface area contributed by atoms with Crippen molar-refractivity contribution >= 4 is 50.6 Å². The van der Waals surface area contributed by atoms with Crippen molar-refractivity contribution in [1.29, 1.82) is 0 Å². The van der Waals surface area contributed by atoms with E-state index in [9.17, 15) is 13.2 Å². The number of hydrogen-bond donors (Lipinski definition) is 0. The van der Waals surface area contributed by atoms with E-state index in [1.807, 2.05) is 24.3 Å². The minimum Gasteiger partial charge on any atom is -0.340 e. The number of rotatable bonds is 7. The first-order valence-corrected chi connectivity index (χ1v) is 12.3. The van der Waals surface area contributed by atoms with Crippen LogP contribution in [0, 0.1) is 0 Å². The number of thiophene rings is 1. The van der Waals surface area contributed by atoms with E-state index in [1.54, 1.807) is 34.2 Å². The van der Waals surface area contributed by atoms with E-state index in [1.165, 1.54) is 15.6 Å². The lowest BCUT2D eigenvalue weighted by Crippen LogP contribution is -2.50. The van der Waals surface area contributed by atoms with Crippen LogP contribution >= 0.6 is 34.7 Å². The monoisotopic (exact) mass is 444 g/mol. The molecule has 1 amide bonds. The van der Waals surface area contributed by atoms with Crippen LogP contribution in [0.4, 0.5) is 0 Å². The first-order chi connectivity index (χ1) is 13.0. The van der Waals surface area contributed by atoms with Crippen molar-refractivity contribution in [3.05, 3.63) is 46.8 Å². The first-order valence-electron chi connectivity index (χ1n) is 8.66. The fraction of sp³-hybridized carbons (Fsp3) is 0.389. The molecule has 2 aromatic rings. The number of nitrogens with zero attached hydrogens (tertiary/aromatic N) is 2. The molecule has 1 saturated heterocycles.